The summed E-state index contributed by atoms with van der Waals surface area (Å²) in [6, 6.07) is 8.04. The molecule has 0 amide bonds. The van der Waals surface area contributed by atoms with Crippen molar-refractivity contribution in [3.05, 3.63) is 35.5 Å². The summed E-state index contributed by atoms with van der Waals surface area (Å²) >= 11 is 5.92. The Hall–Kier alpha value is -1.39. The lowest BCUT2D eigenvalue weighted by molar-refractivity contribution is 0.749. The molecular weight excluding hydrogens is 206 g/mol. The van der Waals surface area contributed by atoms with Crippen molar-refractivity contribution in [1.29, 1.82) is 0 Å². The maximum absolute atomic E-state index is 5.92. The molecule has 0 radical (unpaired) electrons. The van der Waals surface area contributed by atoms with E-state index in [4.69, 9.17) is 11.6 Å². The molecule has 76 valence electrons. The van der Waals surface area contributed by atoms with E-state index in [1.165, 1.54) is 10.9 Å². The fourth-order valence-electron chi connectivity index (χ4n) is 1.67. The average molecular weight is 218 g/mol. The van der Waals surface area contributed by atoms with Gasteiger partial charge in [0.05, 0.1) is 0 Å². The Labute approximate surface area is 94.7 Å². The Kier molecular flexibility index (Phi) is 2.99. The predicted molar refractivity (Wildman–Crippen MR) is 65.0 cm³/mol. The van der Waals surface area contributed by atoms with Crippen molar-refractivity contribution in [3.63, 3.8) is 0 Å². The van der Waals surface area contributed by atoms with Crippen molar-refractivity contribution in [3.8, 4) is 11.8 Å². The van der Waals surface area contributed by atoms with Gasteiger partial charge in [-0.1, -0.05) is 11.6 Å². The second kappa shape index (κ2) is 4.42. The van der Waals surface area contributed by atoms with Crippen LogP contribution in [0.3, 0.4) is 0 Å². The predicted octanol–water partition coefficient (Wildman–Crippen LogP) is 3.71. The third-order valence-electron chi connectivity index (χ3n) is 2.39. The van der Waals surface area contributed by atoms with Crippen LogP contribution in [0.2, 0.25) is 5.02 Å². The van der Waals surface area contributed by atoms with Gasteiger partial charge < -0.3 is 4.57 Å². The minimum atomic E-state index is 0.786. The summed E-state index contributed by atoms with van der Waals surface area (Å²) in [6.07, 6.45) is 2.97. The molecule has 1 heterocycles. The van der Waals surface area contributed by atoms with Crippen molar-refractivity contribution in [1.82, 2.24) is 4.57 Å². The maximum Gasteiger partial charge on any atom is 0.0481 e. The number of halogens is 1. The average Bonchev–Trinajstić information content (AvgIpc) is 2.61. The number of hydrogen-bond donors (Lipinski definition) is 0. The molecule has 2 rings (SSSR count). The molecule has 15 heavy (non-hydrogen) atoms. The first kappa shape index (κ1) is 10.1. The summed E-state index contributed by atoms with van der Waals surface area (Å²) in [4.78, 5) is 0. The van der Waals surface area contributed by atoms with Gasteiger partial charge >= 0.3 is 0 Å². The van der Waals surface area contributed by atoms with Crippen LogP contribution in [0.25, 0.3) is 10.9 Å². The quantitative estimate of drug-likeness (QED) is 0.676. The number of fused-ring (bicyclic) bond motifs is 1. The van der Waals surface area contributed by atoms with Crippen LogP contribution in [0, 0.1) is 11.8 Å². The van der Waals surface area contributed by atoms with Crippen LogP contribution in [0.1, 0.15) is 13.3 Å². The molecule has 0 bridgehead atoms. The van der Waals surface area contributed by atoms with Crippen molar-refractivity contribution in [2.75, 3.05) is 0 Å². The van der Waals surface area contributed by atoms with Crippen molar-refractivity contribution in [2.24, 2.45) is 0 Å². The van der Waals surface area contributed by atoms with E-state index in [1.54, 1.807) is 0 Å². The van der Waals surface area contributed by atoms with Gasteiger partial charge in [-0.2, -0.15) is 0 Å². The first-order chi connectivity index (χ1) is 7.31. The molecule has 0 N–H and O–H groups in total. The number of benzene rings is 1. The molecular formula is C13H12ClN. The highest BCUT2D eigenvalue weighted by molar-refractivity contribution is 6.31. The smallest absolute Gasteiger partial charge is 0.0481 e. The minimum Gasteiger partial charge on any atom is -0.347 e. The number of nitrogens with zero attached hydrogens (tertiary/aromatic N) is 1. The second-order valence-electron chi connectivity index (χ2n) is 3.39. The number of aromatic nitrogens is 1. The Morgan fingerprint density at radius 2 is 2.20 bits per heavy atom. The Morgan fingerprint density at radius 1 is 1.33 bits per heavy atom. The zero-order chi connectivity index (χ0) is 10.7. The van der Waals surface area contributed by atoms with Crippen LogP contribution in [0.4, 0.5) is 0 Å². The Morgan fingerprint density at radius 3 is 3.00 bits per heavy atom. The van der Waals surface area contributed by atoms with Crippen LogP contribution < -0.4 is 0 Å². The molecule has 0 saturated heterocycles. The zero-order valence-electron chi connectivity index (χ0n) is 8.63. The fraction of sp³-hybridized carbons (Fsp3) is 0.231. The normalized spacial score (nSPS) is 10.0. The summed E-state index contributed by atoms with van der Waals surface area (Å²) < 4.78 is 2.20. The third kappa shape index (κ3) is 2.16. The van der Waals surface area contributed by atoms with Gasteiger partial charge in [0.2, 0.25) is 0 Å². The molecule has 0 aliphatic rings. The number of rotatable bonds is 2. The topological polar surface area (TPSA) is 4.93 Å². The van der Waals surface area contributed by atoms with Gasteiger partial charge in [0.15, 0.2) is 0 Å². The Bertz CT molecular complexity index is 528. The lowest BCUT2D eigenvalue weighted by Crippen LogP contribution is -1.94. The third-order valence-corrected chi connectivity index (χ3v) is 2.62. The largest absolute Gasteiger partial charge is 0.347 e. The molecule has 0 fully saturated rings. The SMILES string of the molecule is CC#CCCn1ccc2cc(Cl)ccc21. The lowest BCUT2D eigenvalue weighted by atomic mass is 10.2. The van der Waals surface area contributed by atoms with E-state index in [2.05, 4.69) is 34.7 Å². The van der Waals surface area contributed by atoms with Crippen LogP contribution in [-0.4, -0.2) is 4.57 Å². The van der Waals surface area contributed by atoms with Gasteiger partial charge in [-0.15, -0.1) is 11.8 Å². The molecule has 0 unspecified atom stereocenters. The van der Waals surface area contributed by atoms with E-state index in [-0.39, 0.29) is 0 Å². The van der Waals surface area contributed by atoms with Crippen LogP contribution in [0.5, 0.6) is 0 Å². The van der Waals surface area contributed by atoms with Gasteiger partial charge in [-0.05, 0) is 31.2 Å². The monoisotopic (exact) mass is 217 g/mol. The minimum absolute atomic E-state index is 0.786. The molecule has 0 atom stereocenters. The van der Waals surface area contributed by atoms with Crippen molar-refractivity contribution >= 4 is 22.5 Å². The zero-order valence-corrected chi connectivity index (χ0v) is 9.38. The number of aryl methyl sites for hydroxylation is 1. The second-order valence-corrected chi connectivity index (χ2v) is 3.83. The molecule has 2 heteroatoms. The summed E-state index contributed by atoms with van der Waals surface area (Å²) in [5, 5.41) is 1.97. The molecule has 1 aromatic heterocycles. The first-order valence-electron chi connectivity index (χ1n) is 4.95. The standard InChI is InChI=1S/C13H12ClN/c1-2-3-4-8-15-9-7-11-10-12(14)5-6-13(11)15/h5-7,9-10H,4,8H2,1H3. The van der Waals surface area contributed by atoms with E-state index in [0.717, 1.165) is 18.0 Å². The highest BCUT2D eigenvalue weighted by Gasteiger charge is 2.00. The summed E-state index contributed by atoms with van der Waals surface area (Å²) in [5.74, 6) is 5.97. The summed E-state index contributed by atoms with van der Waals surface area (Å²) in [7, 11) is 0. The molecule has 0 saturated carbocycles. The molecule has 1 nitrogen and oxygen atoms in total. The highest BCUT2D eigenvalue weighted by atomic mass is 35.5. The van der Waals surface area contributed by atoms with Crippen LogP contribution in [0.15, 0.2) is 30.5 Å². The summed E-state index contributed by atoms with van der Waals surface area (Å²) in [5.41, 5.74) is 1.22. The molecule has 1 aromatic carbocycles. The fourth-order valence-corrected chi connectivity index (χ4v) is 1.85. The highest BCUT2D eigenvalue weighted by Crippen LogP contribution is 2.20. The van der Waals surface area contributed by atoms with E-state index in [0.29, 0.717) is 0 Å². The van der Waals surface area contributed by atoms with E-state index >= 15 is 0 Å². The van der Waals surface area contributed by atoms with E-state index < -0.39 is 0 Å². The van der Waals surface area contributed by atoms with Gasteiger partial charge in [0.25, 0.3) is 0 Å². The maximum atomic E-state index is 5.92. The summed E-state index contributed by atoms with van der Waals surface area (Å²) in [6.45, 7) is 2.81. The van der Waals surface area contributed by atoms with Crippen LogP contribution in [-0.2, 0) is 6.54 Å². The van der Waals surface area contributed by atoms with Gasteiger partial charge in [0.1, 0.15) is 0 Å². The lowest BCUT2D eigenvalue weighted by Gasteiger charge is -2.01. The van der Waals surface area contributed by atoms with Gasteiger partial charge in [0, 0.05) is 35.1 Å². The van der Waals surface area contributed by atoms with Gasteiger partial charge in [-0.25, -0.2) is 0 Å². The molecule has 0 spiro atoms. The first-order valence-corrected chi connectivity index (χ1v) is 5.33. The van der Waals surface area contributed by atoms with Crippen molar-refractivity contribution in [2.45, 2.75) is 19.9 Å². The van der Waals surface area contributed by atoms with Gasteiger partial charge in [-0.3, -0.25) is 0 Å². The molecule has 0 aliphatic carbocycles. The molecule has 2 aromatic rings. The Balaban J connectivity index is 2.31. The number of hydrogen-bond acceptors (Lipinski definition) is 0. The van der Waals surface area contributed by atoms with Crippen LogP contribution >= 0.6 is 11.6 Å². The van der Waals surface area contributed by atoms with E-state index in [9.17, 15) is 0 Å². The molecule has 0 aliphatic heterocycles. The van der Waals surface area contributed by atoms with Crippen molar-refractivity contribution < 1.29 is 0 Å². The van der Waals surface area contributed by atoms with E-state index in [1.807, 2.05) is 19.1 Å².